The van der Waals surface area contributed by atoms with Crippen LogP contribution in [0.4, 0.5) is 4.39 Å². The number of rotatable bonds is 4. The number of nitrogens with zero attached hydrogens (tertiary/aromatic N) is 1. The molecule has 0 radical (unpaired) electrons. The summed E-state index contributed by atoms with van der Waals surface area (Å²) >= 11 is 5.92. The highest BCUT2D eigenvalue weighted by Gasteiger charge is 2.18. The van der Waals surface area contributed by atoms with Crippen LogP contribution in [-0.2, 0) is 6.54 Å². The molecule has 110 valence electrons. The molecule has 0 fully saturated rings. The van der Waals surface area contributed by atoms with Gasteiger partial charge in [-0.15, -0.1) is 0 Å². The number of benzene rings is 2. The Kier molecular flexibility index (Phi) is 4.81. The van der Waals surface area contributed by atoms with E-state index in [1.54, 1.807) is 43.4 Å². The van der Waals surface area contributed by atoms with E-state index >= 15 is 0 Å². The van der Waals surface area contributed by atoms with Gasteiger partial charge in [-0.05, 0) is 24.3 Å². The van der Waals surface area contributed by atoms with Crippen molar-refractivity contribution < 1.29 is 13.9 Å². The highest BCUT2D eigenvalue weighted by molar-refractivity contribution is 6.31. The van der Waals surface area contributed by atoms with Gasteiger partial charge in [0.05, 0.1) is 12.7 Å². The molecule has 0 unspecified atom stereocenters. The van der Waals surface area contributed by atoms with Crippen LogP contribution in [0.1, 0.15) is 15.9 Å². The van der Waals surface area contributed by atoms with Crippen LogP contribution in [0.2, 0.25) is 5.02 Å². The van der Waals surface area contributed by atoms with Gasteiger partial charge >= 0.3 is 0 Å². The molecular weight excluding hydrogens is 293 g/mol. The van der Waals surface area contributed by atoms with Gasteiger partial charge in [0.25, 0.3) is 5.91 Å². The molecule has 0 N–H and O–H groups in total. The average Bonchev–Trinajstić information content (AvgIpc) is 2.48. The van der Waals surface area contributed by atoms with Crippen LogP contribution < -0.4 is 4.74 Å². The maximum Gasteiger partial charge on any atom is 0.257 e. The van der Waals surface area contributed by atoms with Crippen LogP contribution >= 0.6 is 11.6 Å². The summed E-state index contributed by atoms with van der Waals surface area (Å²) in [5.41, 5.74) is 0.804. The molecule has 0 aliphatic heterocycles. The minimum atomic E-state index is -0.338. The molecule has 2 aromatic rings. The smallest absolute Gasteiger partial charge is 0.257 e. The molecule has 0 saturated heterocycles. The van der Waals surface area contributed by atoms with E-state index in [2.05, 4.69) is 0 Å². The standard InChI is InChI=1S/C16H15ClFNO2/c1-19(10-11-5-3-4-6-14(11)18)16(20)13-9-12(17)7-8-15(13)21-2/h3-9H,10H2,1-2H3. The first-order valence-corrected chi connectivity index (χ1v) is 6.73. The highest BCUT2D eigenvalue weighted by Crippen LogP contribution is 2.24. The summed E-state index contributed by atoms with van der Waals surface area (Å²) in [6.45, 7) is 0.168. The second-order valence-corrected chi connectivity index (χ2v) is 5.03. The van der Waals surface area contributed by atoms with E-state index in [1.807, 2.05) is 0 Å². The van der Waals surface area contributed by atoms with E-state index in [4.69, 9.17) is 16.3 Å². The Hall–Kier alpha value is -2.07. The molecule has 0 atom stereocenters. The molecular formula is C16H15ClFNO2. The van der Waals surface area contributed by atoms with Crippen molar-refractivity contribution in [3.8, 4) is 5.75 Å². The zero-order chi connectivity index (χ0) is 15.4. The molecule has 0 spiro atoms. The first-order chi connectivity index (χ1) is 10.0. The lowest BCUT2D eigenvalue weighted by Gasteiger charge is -2.19. The van der Waals surface area contributed by atoms with Crippen LogP contribution in [0.25, 0.3) is 0 Å². The van der Waals surface area contributed by atoms with Gasteiger partial charge in [-0.2, -0.15) is 0 Å². The Labute approximate surface area is 127 Å². The summed E-state index contributed by atoms with van der Waals surface area (Å²) in [6.07, 6.45) is 0. The zero-order valence-corrected chi connectivity index (χ0v) is 12.5. The summed E-state index contributed by atoms with van der Waals surface area (Å²) in [6, 6.07) is 11.2. The zero-order valence-electron chi connectivity index (χ0n) is 11.8. The van der Waals surface area contributed by atoms with Crippen molar-refractivity contribution in [2.75, 3.05) is 14.2 Å². The largest absolute Gasteiger partial charge is 0.496 e. The van der Waals surface area contributed by atoms with Crippen LogP contribution in [0, 0.1) is 5.82 Å². The predicted octanol–water partition coefficient (Wildman–Crippen LogP) is 3.76. The number of halogens is 2. The Morgan fingerprint density at radius 1 is 1.29 bits per heavy atom. The summed E-state index contributed by atoms with van der Waals surface area (Å²) < 4.78 is 18.8. The number of hydrogen-bond acceptors (Lipinski definition) is 2. The van der Waals surface area contributed by atoms with E-state index in [9.17, 15) is 9.18 Å². The first kappa shape index (κ1) is 15.3. The van der Waals surface area contributed by atoms with E-state index in [-0.39, 0.29) is 18.3 Å². The Morgan fingerprint density at radius 3 is 2.67 bits per heavy atom. The third-order valence-corrected chi connectivity index (χ3v) is 3.34. The quantitative estimate of drug-likeness (QED) is 0.860. The van der Waals surface area contributed by atoms with Gasteiger partial charge < -0.3 is 9.64 Å². The number of carbonyl (C=O) groups excluding carboxylic acids is 1. The van der Waals surface area contributed by atoms with Crippen molar-refractivity contribution in [1.82, 2.24) is 4.90 Å². The highest BCUT2D eigenvalue weighted by atomic mass is 35.5. The summed E-state index contributed by atoms with van der Waals surface area (Å²) in [5.74, 6) is -0.183. The molecule has 2 rings (SSSR count). The van der Waals surface area contributed by atoms with E-state index in [0.717, 1.165) is 0 Å². The van der Waals surface area contributed by atoms with Crippen LogP contribution in [0.3, 0.4) is 0 Å². The van der Waals surface area contributed by atoms with Gasteiger partial charge in [-0.1, -0.05) is 29.8 Å². The predicted molar refractivity (Wildman–Crippen MR) is 80.2 cm³/mol. The third kappa shape index (κ3) is 3.52. The number of carbonyl (C=O) groups is 1. The molecule has 0 heterocycles. The van der Waals surface area contributed by atoms with Gasteiger partial charge in [0, 0.05) is 24.2 Å². The molecule has 3 nitrogen and oxygen atoms in total. The summed E-state index contributed by atoms with van der Waals surface area (Å²) in [5, 5.41) is 0.443. The summed E-state index contributed by atoms with van der Waals surface area (Å²) in [7, 11) is 3.09. The normalized spacial score (nSPS) is 10.3. The minimum absolute atomic E-state index is 0.168. The molecule has 0 bridgehead atoms. The van der Waals surface area contributed by atoms with Gasteiger partial charge in [-0.3, -0.25) is 4.79 Å². The molecule has 21 heavy (non-hydrogen) atoms. The van der Waals surface area contributed by atoms with Gasteiger partial charge in [0.1, 0.15) is 11.6 Å². The Balaban J connectivity index is 2.24. The topological polar surface area (TPSA) is 29.5 Å². The fourth-order valence-electron chi connectivity index (χ4n) is 2.01. The lowest BCUT2D eigenvalue weighted by atomic mass is 10.1. The van der Waals surface area contributed by atoms with Crippen LogP contribution in [-0.4, -0.2) is 25.0 Å². The first-order valence-electron chi connectivity index (χ1n) is 6.35. The number of amides is 1. The molecule has 5 heteroatoms. The van der Waals surface area contributed by atoms with Gasteiger partial charge in [-0.25, -0.2) is 4.39 Å². The van der Waals surface area contributed by atoms with Crippen LogP contribution in [0.5, 0.6) is 5.75 Å². The fraction of sp³-hybridized carbons (Fsp3) is 0.188. The average molecular weight is 308 g/mol. The van der Waals surface area contributed by atoms with Crippen molar-refractivity contribution >= 4 is 17.5 Å². The van der Waals surface area contributed by atoms with Crippen molar-refractivity contribution in [2.45, 2.75) is 6.54 Å². The molecule has 0 aliphatic carbocycles. The van der Waals surface area contributed by atoms with Crippen molar-refractivity contribution in [1.29, 1.82) is 0 Å². The SMILES string of the molecule is COc1ccc(Cl)cc1C(=O)N(C)Cc1ccccc1F. The molecule has 0 aromatic heterocycles. The minimum Gasteiger partial charge on any atom is -0.496 e. The van der Waals surface area contributed by atoms with Crippen molar-refractivity contribution in [2.24, 2.45) is 0 Å². The lowest BCUT2D eigenvalue weighted by molar-refractivity contribution is 0.0780. The molecule has 1 amide bonds. The second kappa shape index (κ2) is 6.59. The van der Waals surface area contributed by atoms with E-state index < -0.39 is 0 Å². The number of ether oxygens (including phenoxy) is 1. The van der Waals surface area contributed by atoms with Crippen molar-refractivity contribution in [3.05, 3.63) is 64.4 Å². The van der Waals surface area contributed by atoms with Gasteiger partial charge in [0.15, 0.2) is 0 Å². The molecule has 0 saturated carbocycles. The third-order valence-electron chi connectivity index (χ3n) is 3.10. The number of hydrogen-bond donors (Lipinski definition) is 0. The fourth-order valence-corrected chi connectivity index (χ4v) is 2.18. The van der Waals surface area contributed by atoms with E-state index in [1.165, 1.54) is 18.1 Å². The summed E-state index contributed by atoms with van der Waals surface area (Å²) in [4.78, 5) is 13.9. The van der Waals surface area contributed by atoms with E-state index in [0.29, 0.717) is 21.9 Å². The molecule has 2 aromatic carbocycles. The second-order valence-electron chi connectivity index (χ2n) is 4.60. The number of methoxy groups -OCH3 is 1. The Bertz CT molecular complexity index is 660. The Morgan fingerprint density at radius 2 is 2.00 bits per heavy atom. The lowest BCUT2D eigenvalue weighted by Crippen LogP contribution is -2.27. The van der Waals surface area contributed by atoms with Crippen LogP contribution in [0.15, 0.2) is 42.5 Å². The van der Waals surface area contributed by atoms with Crippen molar-refractivity contribution in [3.63, 3.8) is 0 Å². The monoisotopic (exact) mass is 307 g/mol. The van der Waals surface area contributed by atoms with Gasteiger partial charge in [0.2, 0.25) is 0 Å². The maximum atomic E-state index is 13.6. The molecule has 0 aliphatic rings. The maximum absolute atomic E-state index is 13.6.